The molecule has 1 aliphatic rings. The Labute approximate surface area is 283 Å². The van der Waals surface area contributed by atoms with E-state index in [0.717, 1.165) is 55.6 Å². The van der Waals surface area contributed by atoms with Gasteiger partial charge < -0.3 is 33.0 Å². The van der Waals surface area contributed by atoms with E-state index in [1.54, 1.807) is 0 Å². The molecule has 1 atom stereocenters. The number of hydrogen-bond donors (Lipinski definition) is 0. The van der Waals surface area contributed by atoms with Crippen LogP contribution in [0.25, 0.3) is 0 Å². The van der Waals surface area contributed by atoms with Gasteiger partial charge in [0, 0.05) is 37.1 Å². The van der Waals surface area contributed by atoms with Crippen LogP contribution < -0.4 is 21.7 Å². The number of amides is 1. The summed E-state index contributed by atoms with van der Waals surface area (Å²) in [5.74, 6) is 0.935. The first-order valence-electron chi connectivity index (χ1n) is 14.8. The summed E-state index contributed by atoms with van der Waals surface area (Å²) >= 11 is 12.8. The molecular weight excluding hydrogens is 631 g/mol. The summed E-state index contributed by atoms with van der Waals surface area (Å²) in [6, 6.07) is 28.8. The second-order valence-electron chi connectivity index (χ2n) is 11.7. The number of carbonyl (C=O) groups is 1. The van der Waals surface area contributed by atoms with Crippen molar-refractivity contribution in [3.63, 3.8) is 0 Å². The number of pyridine rings is 1. The van der Waals surface area contributed by atoms with Gasteiger partial charge in [-0.05, 0) is 79.6 Å². The third-order valence-corrected chi connectivity index (χ3v) is 8.89. The molecule has 0 bridgehead atoms. The minimum atomic E-state index is -0.222. The smallest absolute Gasteiger partial charge is 0.227 e. The fraction of sp³-hybridized carbons (Fsp3) is 0.333. The molecule has 0 aliphatic carbocycles. The van der Waals surface area contributed by atoms with Crippen molar-refractivity contribution in [2.24, 2.45) is 0 Å². The number of halogens is 3. The normalized spacial score (nSPS) is 15.8. The zero-order valence-corrected chi connectivity index (χ0v) is 28.1. The van der Waals surface area contributed by atoms with Gasteiger partial charge in [-0.25, -0.2) is 4.57 Å². The largest absolute Gasteiger partial charge is 1.00 e. The molecule has 4 aromatic rings. The van der Waals surface area contributed by atoms with Gasteiger partial charge in [-0.1, -0.05) is 71.7 Å². The third-order valence-electron chi connectivity index (χ3n) is 8.15. The Kier molecular flexibility index (Phi) is 14.8. The van der Waals surface area contributed by atoms with E-state index in [1.807, 2.05) is 61.2 Å². The van der Waals surface area contributed by atoms with Crippen molar-refractivity contribution in [3.8, 4) is 5.75 Å². The van der Waals surface area contributed by atoms with Gasteiger partial charge in [0.25, 0.3) is 0 Å². The highest BCUT2D eigenvalue weighted by Gasteiger charge is 2.39. The van der Waals surface area contributed by atoms with Gasteiger partial charge in [0.1, 0.15) is 12.3 Å². The molecule has 242 valence electrons. The van der Waals surface area contributed by atoms with Crippen LogP contribution in [-0.4, -0.2) is 41.0 Å². The molecule has 3 aromatic carbocycles. The highest BCUT2D eigenvalue weighted by molar-refractivity contribution is 6.42. The van der Waals surface area contributed by atoms with Gasteiger partial charge in [0.15, 0.2) is 12.4 Å². The van der Waals surface area contributed by atoms with E-state index >= 15 is 0 Å². The molecule has 0 spiro atoms. The van der Waals surface area contributed by atoms with E-state index in [0.29, 0.717) is 23.0 Å². The molecule has 45 heavy (non-hydrogen) atoms. The maximum absolute atomic E-state index is 13.6. The molecule has 1 saturated heterocycles. The first-order valence-corrected chi connectivity index (χ1v) is 15.6. The Bertz CT molecular complexity index is 1500. The molecule has 1 amide bonds. The summed E-state index contributed by atoms with van der Waals surface area (Å²) in [4.78, 5) is 15.7. The van der Waals surface area contributed by atoms with Crippen LogP contribution in [0, 0.1) is 0 Å². The second-order valence-corrected chi connectivity index (χ2v) is 12.5. The zero-order chi connectivity index (χ0) is 29.5. The van der Waals surface area contributed by atoms with Crippen LogP contribution in [0.15, 0.2) is 97.3 Å². The number of aryl methyl sites for hydroxylation is 1. The number of piperidine rings is 1. The molecule has 1 unspecified atom stereocenters. The van der Waals surface area contributed by atoms with Gasteiger partial charge in [-0.3, -0.25) is 4.79 Å². The van der Waals surface area contributed by atoms with Crippen LogP contribution in [-0.2, 0) is 29.6 Å². The highest BCUT2D eigenvalue weighted by atomic mass is 35.5. The second kappa shape index (κ2) is 17.5. The Morgan fingerprint density at radius 2 is 1.58 bits per heavy atom. The molecule has 6 nitrogen and oxygen atoms in total. The number of benzene rings is 3. The van der Waals surface area contributed by atoms with Crippen LogP contribution in [0.2, 0.25) is 10.0 Å². The Balaban J connectivity index is 0.00000235. The van der Waals surface area contributed by atoms with Crippen LogP contribution in [0.5, 0.6) is 5.75 Å². The van der Waals surface area contributed by atoms with Crippen LogP contribution in [0.4, 0.5) is 0 Å². The topological polar surface area (TPSA) is 96.4 Å². The molecule has 1 aliphatic heterocycles. The number of ether oxygens (including phenoxy) is 1. The zero-order valence-electron chi connectivity index (χ0n) is 25.8. The number of carbonyl (C=O) groups excluding carboxylic acids is 1. The van der Waals surface area contributed by atoms with Crippen molar-refractivity contribution in [2.75, 3.05) is 13.1 Å². The van der Waals surface area contributed by atoms with E-state index in [1.165, 1.54) is 11.1 Å². The van der Waals surface area contributed by atoms with Crippen LogP contribution in [0.3, 0.4) is 0 Å². The summed E-state index contributed by atoms with van der Waals surface area (Å²) in [6.07, 6.45) is 8.49. The van der Waals surface area contributed by atoms with Crippen LogP contribution in [0.1, 0.15) is 55.4 Å². The Hall–Kier alpha value is -3.13. The average molecular weight is 674 g/mol. The lowest BCUT2D eigenvalue weighted by Crippen LogP contribution is -3.00. The van der Waals surface area contributed by atoms with E-state index < -0.39 is 0 Å². The summed E-state index contributed by atoms with van der Waals surface area (Å²) in [5, 5.41) is 1.10. The van der Waals surface area contributed by atoms with E-state index in [9.17, 15) is 4.79 Å². The molecule has 0 saturated carbocycles. The molecule has 5 rings (SSSR count). The van der Waals surface area contributed by atoms with Gasteiger partial charge >= 0.3 is 0 Å². The van der Waals surface area contributed by atoms with E-state index in [4.69, 9.17) is 27.9 Å². The monoisotopic (exact) mass is 672 g/mol. The molecule has 4 N–H and O–H groups in total. The van der Waals surface area contributed by atoms with Crippen molar-refractivity contribution in [1.82, 2.24) is 4.90 Å². The number of hydrogen-bond acceptors (Lipinski definition) is 2. The Morgan fingerprint density at radius 1 is 0.889 bits per heavy atom. The molecule has 1 fully saturated rings. The number of likely N-dealkylation sites (tertiary alicyclic amines) is 1. The number of aromatic nitrogens is 1. The first kappa shape index (κ1) is 38.1. The number of rotatable bonds is 10. The minimum absolute atomic E-state index is 0. The van der Waals surface area contributed by atoms with Gasteiger partial charge in [-0.15, -0.1) is 0 Å². The molecule has 9 heteroatoms. The summed E-state index contributed by atoms with van der Waals surface area (Å²) in [6.45, 7) is 6.25. The van der Waals surface area contributed by atoms with Gasteiger partial charge in [0.05, 0.1) is 22.6 Å². The molecular formula is C36H43Cl3N2O4. The highest BCUT2D eigenvalue weighted by Crippen LogP contribution is 2.40. The summed E-state index contributed by atoms with van der Waals surface area (Å²) < 4.78 is 8.10. The van der Waals surface area contributed by atoms with Gasteiger partial charge in [0.2, 0.25) is 5.91 Å². The molecule has 2 heterocycles. The quantitative estimate of drug-likeness (QED) is 0.242. The first-order chi connectivity index (χ1) is 20.3. The van der Waals surface area contributed by atoms with Crippen molar-refractivity contribution >= 4 is 29.1 Å². The minimum Gasteiger partial charge on any atom is -1.00 e. The fourth-order valence-corrected chi connectivity index (χ4v) is 6.27. The Morgan fingerprint density at radius 3 is 2.27 bits per heavy atom. The van der Waals surface area contributed by atoms with Crippen molar-refractivity contribution in [2.45, 2.75) is 64.0 Å². The summed E-state index contributed by atoms with van der Waals surface area (Å²) in [7, 11) is 0. The van der Waals surface area contributed by atoms with E-state index in [-0.39, 0.29) is 40.8 Å². The van der Waals surface area contributed by atoms with Crippen molar-refractivity contribution in [1.29, 1.82) is 0 Å². The number of nitrogens with zero attached hydrogens (tertiary/aromatic N) is 2. The van der Waals surface area contributed by atoms with E-state index in [2.05, 4.69) is 59.4 Å². The third kappa shape index (κ3) is 10.2. The van der Waals surface area contributed by atoms with Crippen LogP contribution >= 0.6 is 23.2 Å². The average Bonchev–Trinajstić information content (AvgIpc) is 2.99. The SMILES string of the molecule is CC(C)Oc1cccc(CC(=O)N2CCCC(CC[n+]3ccc(Cc4ccccc4)cc3)(c3ccc(Cl)c(Cl)c3)C2)c1.O.O.[Cl-]. The standard InChI is InChI=1S/C36H39Cl2N2O2.ClH.2H2O/c1-27(2)42-32-11-6-10-30(23-32)24-35(41)40-18-7-16-36(26-40,31-12-13-33(37)34(38)25-31)17-21-39-19-14-29(15-20-39)22-28-8-4-3-5-9-28;;;/h3-6,8-15,19-20,23,25,27H,7,16-18,21-22,24,26H2,1-2H3;1H;2*1H2/q+1;;;/p-1. The van der Waals surface area contributed by atoms with Crippen molar-refractivity contribution in [3.05, 3.63) is 130 Å². The lowest BCUT2D eigenvalue weighted by molar-refractivity contribution is -0.698. The molecule has 1 aromatic heterocycles. The molecule has 0 radical (unpaired) electrons. The summed E-state index contributed by atoms with van der Waals surface area (Å²) in [5.41, 5.74) is 4.48. The van der Waals surface area contributed by atoms with Crippen molar-refractivity contribution < 1.29 is 37.5 Å². The fourth-order valence-electron chi connectivity index (χ4n) is 5.97. The maximum atomic E-state index is 13.6. The lowest BCUT2D eigenvalue weighted by Gasteiger charge is -2.43. The predicted octanol–water partition coefficient (Wildman–Crippen LogP) is 3.21. The predicted molar refractivity (Wildman–Crippen MR) is 178 cm³/mol. The maximum Gasteiger partial charge on any atom is 0.227 e. The van der Waals surface area contributed by atoms with Gasteiger partial charge in [-0.2, -0.15) is 0 Å². The lowest BCUT2D eigenvalue weighted by atomic mass is 9.71.